The Bertz CT molecular complexity index is 1040. The van der Waals surface area contributed by atoms with Gasteiger partial charge in [-0.25, -0.2) is 0 Å². The van der Waals surface area contributed by atoms with E-state index in [1.165, 1.54) is 18.1 Å². The van der Waals surface area contributed by atoms with Gasteiger partial charge in [0.05, 0.1) is 18.6 Å². The molecule has 3 rings (SSSR count). The first-order valence-electron chi connectivity index (χ1n) is 9.51. The second-order valence-corrected chi connectivity index (χ2v) is 8.28. The Hall–Kier alpha value is -3.04. The Labute approximate surface area is 190 Å². The summed E-state index contributed by atoms with van der Waals surface area (Å²) >= 11 is 6.48. The third-order valence-electron chi connectivity index (χ3n) is 4.52. The van der Waals surface area contributed by atoms with Crippen LogP contribution in [0.25, 0.3) is 6.08 Å². The maximum Gasteiger partial charge on any atom is 0.266 e. The van der Waals surface area contributed by atoms with Gasteiger partial charge in [-0.15, -0.1) is 0 Å². The van der Waals surface area contributed by atoms with E-state index in [-0.39, 0.29) is 17.6 Å². The van der Waals surface area contributed by atoms with Gasteiger partial charge in [-0.2, -0.15) is 0 Å². The molecule has 1 aliphatic rings. The van der Waals surface area contributed by atoms with Crippen molar-refractivity contribution >= 4 is 51.9 Å². The lowest BCUT2D eigenvalue weighted by atomic mass is 10.1. The lowest BCUT2D eigenvalue weighted by Gasteiger charge is -2.22. The molecular formula is C22H22N2O5S2. The highest BCUT2D eigenvalue weighted by Crippen LogP contribution is 2.35. The molecule has 1 unspecified atom stereocenters. The number of aromatic hydroxyl groups is 1. The summed E-state index contributed by atoms with van der Waals surface area (Å²) in [6.45, 7) is 4.08. The molecule has 1 aliphatic heterocycles. The van der Waals surface area contributed by atoms with Gasteiger partial charge in [0.15, 0.2) is 11.5 Å². The van der Waals surface area contributed by atoms with E-state index in [4.69, 9.17) is 21.7 Å². The number of hydrogen-bond acceptors (Lipinski definition) is 7. The average Bonchev–Trinajstić information content (AvgIpc) is 3.03. The number of rotatable bonds is 7. The van der Waals surface area contributed by atoms with Crippen LogP contribution in [0.4, 0.5) is 5.69 Å². The van der Waals surface area contributed by atoms with Crippen molar-refractivity contribution in [3.63, 3.8) is 0 Å². The molecule has 2 aromatic rings. The highest BCUT2D eigenvalue weighted by molar-refractivity contribution is 8.26. The van der Waals surface area contributed by atoms with Gasteiger partial charge in [0.25, 0.3) is 5.91 Å². The van der Waals surface area contributed by atoms with Crippen LogP contribution < -0.4 is 14.8 Å². The number of nitrogens with one attached hydrogen (secondary N) is 1. The van der Waals surface area contributed by atoms with E-state index in [1.54, 1.807) is 49.4 Å². The molecule has 7 nitrogen and oxygen atoms in total. The minimum atomic E-state index is -0.792. The number of carbonyl (C=O) groups is 2. The SMILES string of the molecule is CCOc1ccc(NC(=O)C(C)N2C(=O)/C(=C/c3ccc(O)c(OC)c3)SC2=S)cc1. The van der Waals surface area contributed by atoms with Gasteiger partial charge in [-0.3, -0.25) is 14.5 Å². The molecule has 0 aliphatic carbocycles. The molecule has 2 N–H and O–H groups in total. The van der Waals surface area contributed by atoms with Crippen LogP contribution in [0.5, 0.6) is 17.2 Å². The molecule has 0 bridgehead atoms. The van der Waals surface area contributed by atoms with Crippen molar-refractivity contribution in [2.45, 2.75) is 19.9 Å². The average molecular weight is 459 g/mol. The van der Waals surface area contributed by atoms with Crippen molar-refractivity contribution in [1.29, 1.82) is 0 Å². The number of hydrogen-bond donors (Lipinski definition) is 2. The van der Waals surface area contributed by atoms with E-state index in [0.29, 0.717) is 38.6 Å². The second kappa shape index (κ2) is 9.84. The van der Waals surface area contributed by atoms with Gasteiger partial charge in [0, 0.05) is 5.69 Å². The molecule has 0 spiro atoms. The fraction of sp³-hybridized carbons (Fsp3) is 0.227. The van der Waals surface area contributed by atoms with Crippen LogP contribution in [-0.4, -0.2) is 45.9 Å². The smallest absolute Gasteiger partial charge is 0.266 e. The van der Waals surface area contributed by atoms with Gasteiger partial charge < -0.3 is 19.9 Å². The number of thiocarbonyl (C=S) groups is 1. The van der Waals surface area contributed by atoms with Crippen LogP contribution in [0.15, 0.2) is 47.4 Å². The Kier molecular flexibility index (Phi) is 7.19. The van der Waals surface area contributed by atoms with Crippen molar-refractivity contribution < 1.29 is 24.2 Å². The zero-order valence-electron chi connectivity index (χ0n) is 17.2. The maximum absolute atomic E-state index is 12.9. The summed E-state index contributed by atoms with van der Waals surface area (Å²) in [4.78, 5) is 27.3. The first-order chi connectivity index (χ1) is 14.8. The Balaban J connectivity index is 1.72. The van der Waals surface area contributed by atoms with Crippen LogP contribution in [0.1, 0.15) is 19.4 Å². The molecule has 0 radical (unpaired) electrons. The predicted octanol–water partition coefficient (Wildman–Crippen LogP) is 4.03. The summed E-state index contributed by atoms with van der Waals surface area (Å²) in [6.07, 6.45) is 1.65. The standard InChI is InChI=1S/C22H22N2O5S2/c1-4-29-16-8-6-15(7-9-16)23-20(26)13(2)24-21(27)19(31-22(24)30)12-14-5-10-17(25)18(11-14)28-3/h5-13,25H,4H2,1-3H3,(H,23,26)/b19-12-. The maximum atomic E-state index is 12.9. The molecule has 162 valence electrons. The molecule has 1 fully saturated rings. The van der Waals surface area contributed by atoms with E-state index in [9.17, 15) is 14.7 Å². The van der Waals surface area contributed by atoms with Crippen molar-refractivity contribution in [2.75, 3.05) is 19.0 Å². The van der Waals surface area contributed by atoms with Crippen LogP contribution in [-0.2, 0) is 9.59 Å². The molecule has 0 aromatic heterocycles. The Morgan fingerprint density at radius 2 is 2.00 bits per heavy atom. The molecule has 1 saturated heterocycles. The first-order valence-corrected chi connectivity index (χ1v) is 10.7. The highest BCUT2D eigenvalue weighted by Gasteiger charge is 2.38. The zero-order chi connectivity index (χ0) is 22.5. The van der Waals surface area contributed by atoms with Gasteiger partial charge >= 0.3 is 0 Å². The largest absolute Gasteiger partial charge is 0.504 e. The summed E-state index contributed by atoms with van der Waals surface area (Å²) < 4.78 is 10.8. The molecule has 2 aromatic carbocycles. The van der Waals surface area contributed by atoms with Crippen LogP contribution in [0.2, 0.25) is 0 Å². The molecular weight excluding hydrogens is 436 g/mol. The predicted molar refractivity (Wildman–Crippen MR) is 125 cm³/mol. The molecule has 31 heavy (non-hydrogen) atoms. The monoisotopic (exact) mass is 458 g/mol. The minimum absolute atomic E-state index is 0.00628. The number of thioether (sulfide) groups is 1. The van der Waals surface area contributed by atoms with Crippen molar-refractivity contribution in [2.24, 2.45) is 0 Å². The van der Waals surface area contributed by atoms with E-state index in [0.717, 1.165) is 11.8 Å². The lowest BCUT2D eigenvalue weighted by Crippen LogP contribution is -2.44. The quantitative estimate of drug-likeness (QED) is 0.478. The van der Waals surface area contributed by atoms with Crippen molar-refractivity contribution in [1.82, 2.24) is 4.90 Å². The number of amides is 2. The van der Waals surface area contributed by atoms with Gasteiger partial charge in [-0.05, 0) is 61.9 Å². The third kappa shape index (κ3) is 5.18. The fourth-order valence-corrected chi connectivity index (χ4v) is 4.33. The van der Waals surface area contributed by atoms with Crippen LogP contribution in [0, 0.1) is 0 Å². The molecule has 9 heteroatoms. The second-order valence-electron chi connectivity index (χ2n) is 6.61. The molecule has 0 saturated carbocycles. The third-order valence-corrected chi connectivity index (χ3v) is 5.86. The number of anilines is 1. The Morgan fingerprint density at radius 3 is 2.65 bits per heavy atom. The number of phenols is 1. The number of nitrogens with zero attached hydrogens (tertiary/aromatic N) is 1. The summed E-state index contributed by atoms with van der Waals surface area (Å²) in [5, 5.41) is 12.5. The van der Waals surface area contributed by atoms with Crippen molar-refractivity contribution in [3.05, 3.63) is 52.9 Å². The zero-order valence-corrected chi connectivity index (χ0v) is 18.9. The number of carbonyl (C=O) groups excluding carboxylic acids is 2. The fourth-order valence-electron chi connectivity index (χ4n) is 2.91. The van der Waals surface area contributed by atoms with Crippen LogP contribution >= 0.6 is 24.0 Å². The number of ether oxygens (including phenoxy) is 2. The van der Waals surface area contributed by atoms with Gasteiger partial charge in [0.1, 0.15) is 16.1 Å². The number of methoxy groups -OCH3 is 1. The lowest BCUT2D eigenvalue weighted by molar-refractivity contribution is -0.129. The summed E-state index contributed by atoms with van der Waals surface area (Å²) in [6, 6.07) is 11.0. The minimum Gasteiger partial charge on any atom is -0.504 e. The van der Waals surface area contributed by atoms with Gasteiger partial charge in [0.2, 0.25) is 5.91 Å². The van der Waals surface area contributed by atoms with E-state index >= 15 is 0 Å². The Morgan fingerprint density at radius 1 is 1.29 bits per heavy atom. The molecule has 1 heterocycles. The number of phenolic OH excluding ortho intramolecular Hbond substituents is 1. The van der Waals surface area contributed by atoms with Gasteiger partial charge in [-0.1, -0.05) is 30.0 Å². The topological polar surface area (TPSA) is 88.1 Å². The summed E-state index contributed by atoms with van der Waals surface area (Å²) in [5.41, 5.74) is 1.26. The van der Waals surface area contributed by atoms with Crippen molar-refractivity contribution in [3.8, 4) is 17.2 Å². The van der Waals surface area contributed by atoms with E-state index in [2.05, 4.69) is 5.32 Å². The number of benzene rings is 2. The first kappa shape index (κ1) is 22.6. The van der Waals surface area contributed by atoms with E-state index < -0.39 is 6.04 Å². The molecule has 2 amide bonds. The summed E-state index contributed by atoms with van der Waals surface area (Å²) in [7, 11) is 1.45. The van der Waals surface area contributed by atoms with Crippen LogP contribution in [0.3, 0.4) is 0 Å². The molecule has 1 atom stereocenters. The summed E-state index contributed by atoms with van der Waals surface area (Å²) in [5.74, 6) is 0.310. The van der Waals surface area contributed by atoms with E-state index in [1.807, 2.05) is 6.92 Å². The highest BCUT2D eigenvalue weighted by atomic mass is 32.2. The normalized spacial score (nSPS) is 15.8.